The molecular formula is C18H23NO4. The Hall–Kier alpha value is -1.36. The molecule has 4 aliphatic carbocycles. The second-order valence-corrected chi connectivity index (χ2v) is 8.53. The zero-order chi connectivity index (χ0) is 15.8. The minimum Gasteiger partial charge on any atom is -0.481 e. The topological polar surface area (TPSA) is 75.6 Å². The predicted octanol–water partition coefficient (Wildman–Crippen LogP) is 1.73. The minimum atomic E-state index is -0.924. The fourth-order valence-electron chi connectivity index (χ4n) is 6.52. The Morgan fingerprint density at radius 2 is 1.48 bits per heavy atom. The smallest absolute Gasteiger partial charge is 0.310 e. The molecular weight excluding hydrogens is 294 g/mol. The summed E-state index contributed by atoms with van der Waals surface area (Å²) in [6.07, 6.45) is 10.1. The molecule has 6 bridgehead atoms. The molecule has 2 aliphatic heterocycles. The van der Waals surface area contributed by atoms with Crippen LogP contribution in [0.2, 0.25) is 0 Å². The molecule has 5 fully saturated rings. The highest BCUT2D eigenvalue weighted by Crippen LogP contribution is 2.56. The van der Waals surface area contributed by atoms with Gasteiger partial charge in [0.25, 0.3) is 0 Å². The molecule has 124 valence electrons. The Balaban J connectivity index is 1.37. The van der Waals surface area contributed by atoms with Crippen molar-refractivity contribution in [2.75, 3.05) is 0 Å². The summed E-state index contributed by atoms with van der Waals surface area (Å²) >= 11 is 0. The second kappa shape index (κ2) is 4.59. The van der Waals surface area contributed by atoms with Gasteiger partial charge in [0, 0.05) is 5.54 Å². The monoisotopic (exact) mass is 317 g/mol. The SMILES string of the molecule is O=C(NC12CC3CC(CC(C3)C1)C2)[C@@H]1[C@H](C(=O)O)[C@H]2C=C[C@H]1O2. The van der Waals surface area contributed by atoms with Gasteiger partial charge in [0.1, 0.15) is 5.92 Å². The van der Waals surface area contributed by atoms with Crippen LogP contribution in [-0.4, -0.2) is 34.7 Å². The van der Waals surface area contributed by atoms with Crippen LogP contribution in [0.1, 0.15) is 38.5 Å². The van der Waals surface area contributed by atoms with E-state index >= 15 is 0 Å². The van der Waals surface area contributed by atoms with Gasteiger partial charge in [-0.3, -0.25) is 9.59 Å². The number of carboxylic acid groups (broad SMARTS) is 1. The molecule has 0 spiro atoms. The number of ether oxygens (including phenoxy) is 1. The zero-order valence-corrected chi connectivity index (χ0v) is 13.1. The van der Waals surface area contributed by atoms with Gasteiger partial charge < -0.3 is 15.2 Å². The molecule has 6 rings (SSSR count). The summed E-state index contributed by atoms with van der Waals surface area (Å²) in [7, 11) is 0. The van der Waals surface area contributed by atoms with Crippen LogP contribution in [0.15, 0.2) is 12.2 Å². The normalized spacial score (nSPS) is 52.1. The molecule has 1 amide bonds. The molecule has 4 saturated carbocycles. The van der Waals surface area contributed by atoms with Gasteiger partial charge in [-0.05, 0) is 56.3 Å². The standard InChI is InChI=1S/C18H23NO4/c20-16(14-12-1-2-13(23-12)15(14)17(21)22)19-18-6-9-3-10(7-18)5-11(4-9)8-18/h1-2,9-15H,3-8H2,(H,19,20)(H,21,22)/t9?,10?,11?,12-,13-,14+,15-,18?/m1/s1. The van der Waals surface area contributed by atoms with Gasteiger partial charge in [0.15, 0.2) is 0 Å². The molecule has 0 aromatic heterocycles. The maximum Gasteiger partial charge on any atom is 0.310 e. The molecule has 0 aromatic carbocycles. The van der Waals surface area contributed by atoms with Crippen molar-refractivity contribution in [3.63, 3.8) is 0 Å². The molecule has 23 heavy (non-hydrogen) atoms. The number of hydrogen-bond donors (Lipinski definition) is 2. The number of hydrogen-bond acceptors (Lipinski definition) is 3. The van der Waals surface area contributed by atoms with Crippen molar-refractivity contribution >= 4 is 11.9 Å². The highest BCUT2D eigenvalue weighted by atomic mass is 16.5. The summed E-state index contributed by atoms with van der Waals surface area (Å²) in [6, 6.07) is 0. The molecule has 2 N–H and O–H groups in total. The Morgan fingerprint density at radius 3 is 2.00 bits per heavy atom. The number of fused-ring (bicyclic) bond motifs is 2. The number of carbonyl (C=O) groups is 2. The third-order valence-corrected chi connectivity index (χ3v) is 6.91. The Bertz CT molecular complexity index is 563. The van der Waals surface area contributed by atoms with E-state index in [4.69, 9.17) is 4.74 Å². The van der Waals surface area contributed by atoms with E-state index in [1.165, 1.54) is 19.3 Å². The third-order valence-electron chi connectivity index (χ3n) is 6.91. The molecule has 0 radical (unpaired) electrons. The van der Waals surface area contributed by atoms with Gasteiger partial charge in [-0.2, -0.15) is 0 Å². The van der Waals surface area contributed by atoms with Crippen LogP contribution in [0, 0.1) is 29.6 Å². The maximum atomic E-state index is 12.9. The highest BCUT2D eigenvalue weighted by Gasteiger charge is 2.56. The van der Waals surface area contributed by atoms with E-state index in [-0.39, 0.29) is 17.6 Å². The van der Waals surface area contributed by atoms with Gasteiger partial charge in [-0.25, -0.2) is 0 Å². The summed E-state index contributed by atoms with van der Waals surface area (Å²) in [6.45, 7) is 0. The van der Waals surface area contributed by atoms with Crippen LogP contribution in [0.25, 0.3) is 0 Å². The van der Waals surface area contributed by atoms with Gasteiger partial charge in [-0.15, -0.1) is 0 Å². The van der Waals surface area contributed by atoms with Crippen molar-refractivity contribution in [3.8, 4) is 0 Å². The van der Waals surface area contributed by atoms with E-state index in [0.29, 0.717) is 0 Å². The summed E-state index contributed by atoms with van der Waals surface area (Å²) in [5, 5.41) is 12.8. The lowest BCUT2D eigenvalue weighted by Crippen LogP contribution is -2.61. The van der Waals surface area contributed by atoms with E-state index in [1.54, 1.807) is 6.08 Å². The summed E-state index contributed by atoms with van der Waals surface area (Å²) in [5.41, 5.74) is -0.0690. The largest absolute Gasteiger partial charge is 0.481 e. The first-order valence-corrected chi connectivity index (χ1v) is 8.92. The Kier molecular flexibility index (Phi) is 2.80. The minimum absolute atomic E-state index is 0.0690. The number of nitrogens with one attached hydrogen (secondary N) is 1. The van der Waals surface area contributed by atoms with Crippen LogP contribution >= 0.6 is 0 Å². The third kappa shape index (κ3) is 2.02. The van der Waals surface area contributed by atoms with Crippen LogP contribution in [-0.2, 0) is 14.3 Å². The van der Waals surface area contributed by atoms with Crippen molar-refractivity contribution in [1.29, 1.82) is 0 Å². The number of aliphatic carboxylic acids is 1. The number of amides is 1. The van der Waals surface area contributed by atoms with Gasteiger partial charge in [0.05, 0.1) is 18.1 Å². The van der Waals surface area contributed by atoms with E-state index in [9.17, 15) is 14.7 Å². The van der Waals surface area contributed by atoms with Crippen LogP contribution in [0.5, 0.6) is 0 Å². The first kappa shape index (κ1) is 14.0. The lowest BCUT2D eigenvalue weighted by atomic mass is 9.53. The predicted molar refractivity (Wildman–Crippen MR) is 81.5 cm³/mol. The molecule has 2 heterocycles. The van der Waals surface area contributed by atoms with Crippen molar-refractivity contribution in [2.24, 2.45) is 29.6 Å². The van der Waals surface area contributed by atoms with E-state index in [2.05, 4.69) is 5.32 Å². The summed E-state index contributed by atoms with van der Waals surface area (Å²) < 4.78 is 5.65. The zero-order valence-electron chi connectivity index (χ0n) is 13.1. The van der Waals surface area contributed by atoms with Crippen molar-refractivity contribution in [3.05, 3.63) is 12.2 Å². The van der Waals surface area contributed by atoms with Gasteiger partial charge in [-0.1, -0.05) is 12.2 Å². The molecule has 5 heteroatoms. The van der Waals surface area contributed by atoms with Crippen molar-refractivity contribution in [1.82, 2.24) is 5.32 Å². The number of carboxylic acids is 1. The Labute approximate surface area is 135 Å². The summed E-state index contributed by atoms with van der Waals surface area (Å²) in [5.74, 6) is -0.0629. The maximum absolute atomic E-state index is 12.9. The molecule has 6 aliphatic rings. The second-order valence-electron chi connectivity index (χ2n) is 8.53. The van der Waals surface area contributed by atoms with E-state index in [0.717, 1.165) is 37.0 Å². The quantitative estimate of drug-likeness (QED) is 0.777. The van der Waals surface area contributed by atoms with E-state index in [1.807, 2.05) is 6.08 Å². The fraction of sp³-hybridized carbons (Fsp3) is 0.778. The van der Waals surface area contributed by atoms with Crippen molar-refractivity contribution in [2.45, 2.75) is 56.3 Å². The lowest BCUT2D eigenvalue weighted by molar-refractivity contribution is -0.148. The number of rotatable bonds is 3. The first-order valence-electron chi connectivity index (χ1n) is 8.92. The summed E-state index contributed by atoms with van der Waals surface area (Å²) in [4.78, 5) is 24.5. The number of carbonyl (C=O) groups excluding carboxylic acids is 1. The molecule has 1 saturated heterocycles. The molecule has 4 atom stereocenters. The average molecular weight is 317 g/mol. The average Bonchev–Trinajstić information content (AvgIpc) is 3.05. The van der Waals surface area contributed by atoms with Gasteiger partial charge in [0.2, 0.25) is 5.91 Å². The van der Waals surface area contributed by atoms with Crippen LogP contribution in [0.3, 0.4) is 0 Å². The van der Waals surface area contributed by atoms with Crippen molar-refractivity contribution < 1.29 is 19.4 Å². The Morgan fingerprint density at radius 1 is 0.957 bits per heavy atom. The molecule has 5 nitrogen and oxygen atoms in total. The van der Waals surface area contributed by atoms with E-state index < -0.39 is 23.9 Å². The lowest BCUT2D eigenvalue weighted by Gasteiger charge is -2.57. The highest BCUT2D eigenvalue weighted by molar-refractivity contribution is 5.87. The van der Waals surface area contributed by atoms with Crippen LogP contribution in [0.4, 0.5) is 0 Å². The molecule has 0 unspecified atom stereocenters. The van der Waals surface area contributed by atoms with Crippen LogP contribution < -0.4 is 5.32 Å². The molecule has 0 aromatic rings. The first-order chi connectivity index (χ1) is 11.0. The van der Waals surface area contributed by atoms with Gasteiger partial charge >= 0.3 is 5.97 Å². The fourth-order valence-corrected chi connectivity index (χ4v) is 6.52.